The van der Waals surface area contributed by atoms with Crippen LogP contribution in [0, 0.1) is 0 Å². The number of carbonyl (C=O) groups excluding carboxylic acids is 2. The van der Waals surface area contributed by atoms with Crippen LogP contribution in [0.1, 0.15) is 46.5 Å². The number of nitrogens with zero attached hydrogens (tertiary/aromatic N) is 2. The molecule has 0 radical (unpaired) electrons. The minimum Gasteiger partial charge on any atom is -0.494 e. The Labute approximate surface area is 182 Å². The molecule has 6 nitrogen and oxygen atoms in total. The van der Waals surface area contributed by atoms with Crippen molar-refractivity contribution in [3.8, 4) is 5.75 Å². The summed E-state index contributed by atoms with van der Waals surface area (Å²) in [7, 11) is 0. The molecule has 1 aromatic heterocycles. The first-order valence-electron chi connectivity index (χ1n) is 10.3. The molecule has 1 heterocycles. The van der Waals surface area contributed by atoms with Gasteiger partial charge < -0.3 is 14.4 Å². The number of aromatic nitrogens is 1. The van der Waals surface area contributed by atoms with Gasteiger partial charge in [-0.25, -0.2) is 4.79 Å². The molecule has 0 saturated carbocycles. The number of hydrogen-bond acceptors (Lipinski definition) is 5. The van der Waals surface area contributed by atoms with Crippen LogP contribution in [0.3, 0.4) is 0 Å². The molecule has 1 amide bonds. The minimum atomic E-state index is -0.389. The maximum absolute atomic E-state index is 13.5. The van der Waals surface area contributed by atoms with Gasteiger partial charge in [0.15, 0.2) is 0 Å². The number of pyridine rings is 1. The smallest absolute Gasteiger partial charge is 0.338 e. The van der Waals surface area contributed by atoms with E-state index in [9.17, 15) is 9.59 Å². The topological polar surface area (TPSA) is 68.7 Å². The number of amides is 1. The maximum atomic E-state index is 13.5. The lowest BCUT2D eigenvalue weighted by molar-refractivity contribution is 0.0526. The molecule has 0 atom stereocenters. The highest BCUT2D eigenvalue weighted by Crippen LogP contribution is 2.23. The fourth-order valence-electron chi connectivity index (χ4n) is 3.04. The zero-order valence-electron chi connectivity index (χ0n) is 17.8. The number of esters is 1. The molecular formula is C25H26N2O4. The largest absolute Gasteiger partial charge is 0.494 e. The standard InChI is InChI=1S/C25H26N2O4/c1-3-15-31-23-9-5-8-21(16-23)24(28)27(18-19-7-6-14-26-17-19)22-12-10-20(11-13-22)25(29)30-4-2/h5-14,16-17H,3-4,15,18H2,1-2H3. The van der Waals surface area contributed by atoms with Crippen LogP contribution in [-0.4, -0.2) is 30.1 Å². The number of anilines is 1. The van der Waals surface area contributed by atoms with Crippen molar-refractivity contribution >= 4 is 17.6 Å². The van der Waals surface area contributed by atoms with Gasteiger partial charge in [-0.1, -0.05) is 19.1 Å². The Hall–Kier alpha value is -3.67. The summed E-state index contributed by atoms with van der Waals surface area (Å²) < 4.78 is 10.7. The number of carbonyl (C=O) groups is 2. The normalized spacial score (nSPS) is 10.4. The highest BCUT2D eigenvalue weighted by Gasteiger charge is 2.20. The molecule has 0 fully saturated rings. The second-order valence-electron chi connectivity index (χ2n) is 6.90. The van der Waals surface area contributed by atoms with Crippen LogP contribution in [0.4, 0.5) is 5.69 Å². The van der Waals surface area contributed by atoms with Gasteiger partial charge in [-0.15, -0.1) is 0 Å². The van der Waals surface area contributed by atoms with Crippen molar-refractivity contribution in [3.63, 3.8) is 0 Å². The Bertz CT molecular complexity index is 1000. The number of ether oxygens (including phenoxy) is 2. The van der Waals surface area contributed by atoms with E-state index in [4.69, 9.17) is 9.47 Å². The van der Waals surface area contributed by atoms with Crippen molar-refractivity contribution in [1.29, 1.82) is 0 Å². The van der Waals surface area contributed by atoms with Crippen LogP contribution in [0.5, 0.6) is 5.75 Å². The molecule has 2 aromatic carbocycles. The van der Waals surface area contributed by atoms with Crippen LogP contribution >= 0.6 is 0 Å². The third-order valence-electron chi connectivity index (χ3n) is 4.55. The highest BCUT2D eigenvalue weighted by molar-refractivity contribution is 6.06. The molecule has 0 bridgehead atoms. The molecule has 160 valence electrons. The number of rotatable bonds is 9. The lowest BCUT2D eigenvalue weighted by atomic mass is 10.1. The Kier molecular flexibility index (Phi) is 7.76. The van der Waals surface area contributed by atoms with Crippen LogP contribution in [0.25, 0.3) is 0 Å². The van der Waals surface area contributed by atoms with E-state index in [1.54, 1.807) is 60.6 Å². The average molecular weight is 418 g/mol. The van der Waals surface area contributed by atoms with Crippen LogP contribution in [0.2, 0.25) is 0 Å². The maximum Gasteiger partial charge on any atom is 0.338 e. The fraction of sp³-hybridized carbons (Fsp3) is 0.240. The van der Waals surface area contributed by atoms with E-state index >= 15 is 0 Å². The molecule has 3 aromatic rings. The van der Waals surface area contributed by atoms with Gasteiger partial charge in [0, 0.05) is 23.6 Å². The second-order valence-corrected chi connectivity index (χ2v) is 6.90. The molecule has 0 saturated heterocycles. The van der Waals surface area contributed by atoms with E-state index < -0.39 is 0 Å². The van der Waals surface area contributed by atoms with Crippen molar-refractivity contribution in [2.75, 3.05) is 18.1 Å². The van der Waals surface area contributed by atoms with E-state index in [1.807, 2.05) is 31.2 Å². The molecular weight excluding hydrogens is 392 g/mol. The monoisotopic (exact) mass is 418 g/mol. The summed E-state index contributed by atoms with van der Waals surface area (Å²) in [5.74, 6) is 0.0985. The molecule has 0 N–H and O–H groups in total. The molecule has 31 heavy (non-hydrogen) atoms. The molecule has 6 heteroatoms. The predicted molar refractivity (Wildman–Crippen MR) is 119 cm³/mol. The molecule has 3 rings (SSSR count). The Balaban J connectivity index is 1.91. The average Bonchev–Trinajstić information content (AvgIpc) is 2.82. The van der Waals surface area contributed by atoms with Crippen LogP contribution in [-0.2, 0) is 11.3 Å². The van der Waals surface area contributed by atoms with E-state index in [-0.39, 0.29) is 11.9 Å². The van der Waals surface area contributed by atoms with Gasteiger partial charge in [-0.3, -0.25) is 9.78 Å². The summed E-state index contributed by atoms with van der Waals surface area (Å²) in [5, 5.41) is 0. The van der Waals surface area contributed by atoms with E-state index in [2.05, 4.69) is 4.98 Å². The van der Waals surface area contributed by atoms with Crippen LogP contribution < -0.4 is 9.64 Å². The molecule has 0 aliphatic carbocycles. The number of benzene rings is 2. The summed E-state index contributed by atoms with van der Waals surface area (Å²) in [6, 6.07) is 17.7. The van der Waals surface area contributed by atoms with Crippen molar-refractivity contribution in [2.45, 2.75) is 26.8 Å². The van der Waals surface area contributed by atoms with Gasteiger partial charge >= 0.3 is 5.97 Å². The summed E-state index contributed by atoms with van der Waals surface area (Å²) in [5.41, 5.74) is 2.52. The lowest BCUT2D eigenvalue weighted by Gasteiger charge is -2.23. The van der Waals surface area contributed by atoms with Gasteiger partial charge in [0.2, 0.25) is 0 Å². The Morgan fingerprint density at radius 1 is 0.968 bits per heavy atom. The summed E-state index contributed by atoms with van der Waals surface area (Å²) in [4.78, 5) is 31.2. The molecule has 0 spiro atoms. The quantitative estimate of drug-likeness (QED) is 0.463. The van der Waals surface area contributed by atoms with Crippen LogP contribution in [0.15, 0.2) is 73.1 Å². The Morgan fingerprint density at radius 3 is 2.45 bits per heavy atom. The van der Waals surface area contributed by atoms with Gasteiger partial charge in [0.1, 0.15) is 5.75 Å². The summed E-state index contributed by atoms with van der Waals surface area (Å²) in [6.07, 6.45) is 4.31. The summed E-state index contributed by atoms with van der Waals surface area (Å²) >= 11 is 0. The summed E-state index contributed by atoms with van der Waals surface area (Å²) in [6.45, 7) is 5.03. The van der Waals surface area contributed by atoms with Crippen molar-refractivity contribution < 1.29 is 19.1 Å². The fourth-order valence-corrected chi connectivity index (χ4v) is 3.04. The van der Waals surface area contributed by atoms with Crippen molar-refractivity contribution in [3.05, 3.63) is 89.7 Å². The number of hydrogen-bond donors (Lipinski definition) is 0. The van der Waals surface area contributed by atoms with E-state index in [1.165, 1.54) is 0 Å². The zero-order chi connectivity index (χ0) is 22.1. The first-order chi connectivity index (χ1) is 15.1. The molecule has 0 aliphatic heterocycles. The third kappa shape index (κ3) is 5.92. The lowest BCUT2D eigenvalue weighted by Crippen LogP contribution is -2.30. The van der Waals surface area contributed by atoms with E-state index in [0.717, 1.165) is 12.0 Å². The third-order valence-corrected chi connectivity index (χ3v) is 4.55. The van der Waals surface area contributed by atoms with Crippen molar-refractivity contribution in [1.82, 2.24) is 4.98 Å². The van der Waals surface area contributed by atoms with Gasteiger partial charge in [0.25, 0.3) is 5.91 Å². The van der Waals surface area contributed by atoms with Gasteiger partial charge in [-0.2, -0.15) is 0 Å². The first-order valence-corrected chi connectivity index (χ1v) is 10.3. The second kappa shape index (κ2) is 10.9. The minimum absolute atomic E-state index is 0.172. The van der Waals surface area contributed by atoms with Crippen molar-refractivity contribution in [2.24, 2.45) is 0 Å². The SMILES string of the molecule is CCCOc1cccc(C(=O)N(Cc2cccnc2)c2ccc(C(=O)OCC)cc2)c1. The van der Waals surface area contributed by atoms with Gasteiger partial charge in [-0.05, 0) is 67.4 Å². The first kappa shape index (κ1) is 22.0. The van der Waals surface area contributed by atoms with E-state index in [0.29, 0.717) is 42.3 Å². The molecule has 0 unspecified atom stereocenters. The highest BCUT2D eigenvalue weighted by atomic mass is 16.5. The Morgan fingerprint density at radius 2 is 1.77 bits per heavy atom. The molecule has 0 aliphatic rings. The van der Waals surface area contributed by atoms with Gasteiger partial charge in [0.05, 0.1) is 25.3 Å². The predicted octanol–water partition coefficient (Wildman–Crippen LogP) is 4.89. The zero-order valence-corrected chi connectivity index (χ0v) is 17.8.